The van der Waals surface area contributed by atoms with Crippen molar-refractivity contribution in [3.8, 4) is 5.88 Å². The lowest BCUT2D eigenvalue weighted by molar-refractivity contribution is 0.397. The summed E-state index contributed by atoms with van der Waals surface area (Å²) in [5.41, 5.74) is 0. The number of nitrogens with one attached hydrogen (secondary N) is 1. The van der Waals surface area contributed by atoms with Gasteiger partial charge in [0.2, 0.25) is 11.8 Å². The Morgan fingerprint density at radius 2 is 2.50 bits per heavy atom. The summed E-state index contributed by atoms with van der Waals surface area (Å²) in [6.07, 6.45) is 1.63. The lowest BCUT2D eigenvalue weighted by Crippen LogP contribution is -2.06. The van der Waals surface area contributed by atoms with Crippen LogP contribution in [0.15, 0.2) is 12.3 Å². The summed E-state index contributed by atoms with van der Waals surface area (Å²) in [6, 6.07) is 1.69. The van der Waals surface area contributed by atoms with Gasteiger partial charge in [0.25, 0.3) is 0 Å². The molecule has 66 valence electrons. The lowest BCUT2D eigenvalue weighted by atomic mass is 10.6. The Bertz CT molecular complexity index is 244. The summed E-state index contributed by atoms with van der Waals surface area (Å²) in [5, 5.41) is 2.93. The normalized spacial score (nSPS) is 9.50. The maximum atomic E-state index is 5.48. The summed E-state index contributed by atoms with van der Waals surface area (Å²) in [5.74, 6) is 1.61. The number of alkyl halides is 1. The minimum atomic E-state index is 0.528. The number of halogens is 1. The van der Waals surface area contributed by atoms with Gasteiger partial charge < -0.3 is 10.1 Å². The first-order valence-electron chi connectivity index (χ1n) is 3.53. The average Bonchev–Trinajstić information content (AvgIpc) is 2.15. The fourth-order valence-corrected chi connectivity index (χ4v) is 0.795. The maximum Gasteiger partial charge on any atom is 0.225 e. The molecule has 1 heterocycles. The highest BCUT2D eigenvalue weighted by Crippen LogP contribution is 2.06. The minimum Gasteiger partial charge on any atom is -0.481 e. The number of aromatic nitrogens is 2. The fourth-order valence-electron chi connectivity index (χ4n) is 0.700. The van der Waals surface area contributed by atoms with E-state index in [4.69, 9.17) is 16.3 Å². The van der Waals surface area contributed by atoms with Gasteiger partial charge >= 0.3 is 0 Å². The smallest absolute Gasteiger partial charge is 0.225 e. The molecule has 0 saturated carbocycles. The largest absolute Gasteiger partial charge is 0.481 e. The second-order valence-electron chi connectivity index (χ2n) is 2.04. The van der Waals surface area contributed by atoms with E-state index in [1.54, 1.807) is 19.4 Å². The zero-order chi connectivity index (χ0) is 8.81. The van der Waals surface area contributed by atoms with E-state index >= 15 is 0 Å². The second-order valence-corrected chi connectivity index (χ2v) is 2.42. The molecule has 0 aliphatic rings. The summed E-state index contributed by atoms with van der Waals surface area (Å²) < 4.78 is 4.91. The predicted molar refractivity (Wildman–Crippen MR) is 47.8 cm³/mol. The van der Waals surface area contributed by atoms with Gasteiger partial charge in [-0.15, -0.1) is 11.6 Å². The molecule has 0 unspecified atom stereocenters. The monoisotopic (exact) mass is 187 g/mol. The van der Waals surface area contributed by atoms with Gasteiger partial charge in [-0.1, -0.05) is 0 Å². The topological polar surface area (TPSA) is 47.0 Å². The Kier molecular flexibility index (Phi) is 3.60. The molecule has 5 heteroatoms. The Labute approximate surface area is 75.9 Å². The molecule has 0 atom stereocenters. The van der Waals surface area contributed by atoms with Gasteiger partial charge in [0, 0.05) is 24.7 Å². The lowest BCUT2D eigenvalue weighted by Gasteiger charge is -2.02. The van der Waals surface area contributed by atoms with Crippen molar-refractivity contribution in [2.75, 3.05) is 24.9 Å². The van der Waals surface area contributed by atoms with E-state index in [0.29, 0.717) is 24.3 Å². The Morgan fingerprint density at radius 3 is 3.17 bits per heavy atom. The van der Waals surface area contributed by atoms with Crippen LogP contribution in [0.3, 0.4) is 0 Å². The van der Waals surface area contributed by atoms with Gasteiger partial charge in [0.05, 0.1) is 7.11 Å². The minimum absolute atomic E-state index is 0.528. The molecule has 1 N–H and O–H groups in total. The van der Waals surface area contributed by atoms with E-state index in [0.717, 1.165) is 0 Å². The average molecular weight is 188 g/mol. The summed E-state index contributed by atoms with van der Waals surface area (Å²) in [4.78, 5) is 7.99. The number of hydrogen-bond acceptors (Lipinski definition) is 4. The van der Waals surface area contributed by atoms with Gasteiger partial charge in [-0.05, 0) is 0 Å². The van der Waals surface area contributed by atoms with Crippen LogP contribution in [0.1, 0.15) is 0 Å². The molecule has 0 bridgehead atoms. The maximum absolute atomic E-state index is 5.48. The van der Waals surface area contributed by atoms with Crippen molar-refractivity contribution in [1.29, 1.82) is 0 Å². The summed E-state index contributed by atoms with van der Waals surface area (Å²) >= 11 is 5.48. The first-order chi connectivity index (χ1) is 5.86. The van der Waals surface area contributed by atoms with Crippen LogP contribution in [0.4, 0.5) is 5.95 Å². The second kappa shape index (κ2) is 4.77. The van der Waals surface area contributed by atoms with Crippen LogP contribution in [0.25, 0.3) is 0 Å². The quantitative estimate of drug-likeness (QED) is 0.719. The molecule has 1 rings (SSSR count). The van der Waals surface area contributed by atoms with Crippen LogP contribution in [-0.4, -0.2) is 29.5 Å². The Morgan fingerprint density at radius 1 is 1.67 bits per heavy atom. The summed E-state index contributed by atoms with van der Waals surface area (Å²) in [6.45, 7) is 0.648. The van der Waals surface area contributed by atoms with Crippen molar-refractivity contribution in [2.24, 2.45) is 0 Å². The van der Waals surface area contributed by atoms with Crippen LogP contribution in [-0.2, 0) is 0 Å². The Hall–Kier alpha value is -1.03. The first kappa shape index (κ1) is 9.06. The van der Waals surface area contributed by atoms with E-state index < -0.39 is 0 Å². The third kappa shape index (κ3) is 2.54. The number of rotatable bonds is 4. The first-order valence-corrected chi connectivity index (χ1v) is 4.07. The van der Waals surface area contributed by atoms with E-state index in [-0.39, 0.29) is 0 Å². The molecular weight excluding hydrogens is 178 g/mol. The third-order valence-electron chi connectivity index (χ3n) is 1.22. The van der Waals surface area contributed by atoms with Gasteiger partial charge in [-0.3, -0.25) is 0 Å². The number of anilines is 1. The zero-order valence-corrected chi connectivity index (χ0v) is 7.51. The van der Waals surface area contributed by atoms with Crippen molar-refractivity contribution in [1.82, 2.24) is 9.97 Å². The molecule has 0 amide bonds. The van der Waals surface area contributed by atoms with Crippen LogP contribution in [0.5, 0.6) is 5.88 Å². The molecule has 4 nitrogen and oxygen atoms in total. The Balaban J connectivity index is 2.60. The zero-order valence-electron chi connectivity index (χ0n) is 6.75. The highest BCUT2D eigenvalue weighted by Gasteiger charge is 1.96. The highest BCUT2D eigenvalue weighted by molar-refractivity contribution is 6.18. The van der Waals surface area contributed by atoms with Crippen LogP contribution in [0, 0.1) is 0 Å². The number of methoxy groups -OCH3 is 1. The van der Waals surface area contributed by atoms with Gasteiger partial charge in [-0.25, -0.2) is 4.98 Å². The molecule has 0 radical (unpaired) electrons. The van der Waals surface area contributed by atoms with Crippen molar-refractivity contribution in [3.05, 3.63) is 12.3 Å². The number of ether oxygens (including phenoxy) is 1. The highest BCUT2D eigenvalue weighted by atomic mass is 35.5. The van der Waals surface area contributed by atoms with Gasteiger partial charge in [-0.2, -0.15) is 4.98 Å². The molecular formula is C7H10ClN3O. The predicted octanol–water partition coefficient (Wildman–Crippen LogP) is 1.14. The van der Waals surface area contributed by atoms with E-state index in [2.05, 4.69) is 15.3 Å². The van der Waals surface area contributed by atoms with E-state index in [9.17, 15) is 0 Å². The van der Waals surface area contributed by atoms with Gasteiger partial charge in [0.15, 0.2) is 0 Å². The van der Waals surface area contributed by atoms with Crippen molar-refractivity contribution >= 4 is 17.5 Å². The fraction of sp³-hybridized carbons (Fsp3) is 0.429. The molecule has 0 fully saturated rings. The molecule has 1 aromatic heterocycles. The third-order valence-corrected chi connectivity index (χ3v) is 1.41. The molecule has 0 spiro atoms. The van der Waals surface area contributed by atoms with Gasteiger partial charge in [0.1, 0.15) is 0 Å². The van der Waals surface area contributed by atoms with E-state index in [1.165, 1.54) is 0 Å². The molecule has 0 aromatic carbocycles. The molecule has 0 saturated heterocycles. The standard InChI is InChI=1S/C7H10ClN3O/c1-12-6-2-4-9-7(11-6)10-5-3-8/h2,4H,3,5H2,1H3,(H,9,10,11). The van der Waals surface area contributed by atoms with Crippen molar-refractivity contribution < 1.29 is 4.74 Å². The molecule has 1 aromatic rings. The molecule has 0 aliphatic heterocycles. The summed E-state index contributed by atoms with van der Waals surface area (Å²) in [7, 11) is 1.56. The van der Waals surface area contributed by atoms with E-state index in [1.807, 2.05) is 0 Å². The SMILES string of the molecule is COc1ccnc(NCCCl)n1. The van der Waals surface area contributed by atoms with Crippen molar-refractivity contribution in [2.45, 2.75) is 0 Å². The van der Waals surface area contributed by atoms with Crippen molar-refractivity contribution in [3.63, 3.8) is 0 Å². The van der Waals surface area contributed by atoms with Crippen LogP contribution < -0.4 is 10.1 Å². The number of nitrogens with zero attached hydrogens (tertiary/aromatic N) is 2. The molecule has 12 heavy (non-hydrogen) atoms. The van der Waals surface area contributed by atoms with Crippen LogP contribution >= 0.6 is 11.6 Å². The number of hydrogen-bond donors (Lipinski definition) is 1. The molecule has 0 aliphatic carbocycles. The van der Waals surface area contributed by atoms with Crippen LogP contribution in [0.2, 0.25) is 0 Å².